The topological polar surface area (TPSA) is 66.0 Å². The monoisotopic (exact) mass is 564 g/mol. The van der Waals surface area contributed by atoms with Crippen LogP contribution in [0.25, 0.3) is 0 Å². The maximum Gasteiger partial charge on any atom is 0.426 e. The van der Waals surface area contributed by atoms with Gasteiger partial charge in [0.05, 0.1) is 17.6 Å². The Balaban J connectivity index is 2.12. The van der Waals surface area contributed by atoms with Crippen LogP contribution in [-0.2, 0) is 0 Å². The van der Waals surface area contributed by atoms with E-state index in [9.17, 15) is 45.6 Å². The van der Waals surface area contributed by atoms with Gasteiger partial charge in [-0.3, -0.25) is 0 Å². The summed E-state index contributed by atoms with van der Waals surface area (Å²) in [6.45, 7) is 0. The van der Waals surface area contributed by atoms with Crippen LogP contribution in [0.3, 0.4) is 0 Å². The molecule has 0 aliphatic heterocycles. The number of allylic oxidation sites excluding steroid dienone is 5. The van der Waals surface area contributed by atoms with E-state index in [1.54, 1.807) is 0 Å². The number of halogens is 8. The van der Waals surface area contributed by atoms with E-state index in [1.807, 2.05) is 0 Å². The molecule has 0 spiro atoms. The van der Waals surface area contributed by atoms with Crippen molar-refractivity contribution in [2.45, 2.75) is 25.2 Å². The predicted molar refractivity (Wildman–Crippen MR) is 124 cm³/mol. The summed E-state index contributed by atoms with van der Waals surface area (Å²) >= 11 is 0. The van der Waals surface area contributed by atoms with Crippen LogP contribution in [0.2, 0.25) is 0 Å². The summed E-state index contributed by atoms with van der Waals surface area (Å²) in [5.74, 6) is -8.62. The number of benzene rings is 2. The van der Waals surface area contributed by atoms with Gasteiger partial charge in [0.2, 0.25) is 0 Å². The molecule has 0 saturated carbocycles. The summed E-state index contributed by atoms with van der Waals surface area (Å²) in [7, 11) is 0. The maximum atomic E-state index is 14.2. The van der Waals surface area contributed by atoms with E-state index >= 15 is 0 Å². The molecule has 4 nitrogen and oxygen atoms in total. The molecule has 0 N–H and O–H groups in total. The highest BCUT2D eigenvalue weighted by Gasteiger charge is 2.53. The molecule has 4 rings (SSSR count). The third-order valence-electron chi connectivity index (χ3n) is 6.13. The first-order valence-electron chi connectivity index (χ1n) is 11.5. The Bertz CT molecular complexity index is 1500. The summed E-state index contributed by atoms with van der Waals surface area (Å²) in [6.07, 6.45) is -7.96. The maximum absolute atomic E-state index is 14.2. The molecule has 2 aromatic carbocycles. The van der Waals surface area contributed by atoms with Gasteiger partial charge < -0.3 is 9.47 Å². The highest BCUT2D eigenvalue weighted by Crippen LogP contribution is 2.52. The van der Waals surface area contributed by atoms with Crippen LogP contribution >= 0.6 is 0 Å². The van der Waals surface area contributed by atoms with E-state index in [0.29, 0.717) is 0 Å². The Kier molecular flexibility index (Phi) is 7.74. The quantitative estimate of drug-likeness (QED) is 0.273. The van der Waals surface area contributed by atoms with Crippen molar-refractivity contribution in [2.24, 2.45) is 11.8 Å². The molecule has 2 aliphatic rings. The van der Waals surface area contributed by atoms with Gasteiger partial charge in [-0.2, -0.15) is 36.9 Å². The van der Waals surface area contributed by atoms with Gasteiger partial charge in [0.1, 0.15) is 34.8 Å². The molecule has 0 aromatic heterocycles. The average Bonchev–Trinajstić information content (AvgIpc) is 2.88. The van der Waals surface area contributed by atoms with Crippen molar-refractivity contribution in [1.29, 1.82) is 10.5 Å². The fraction of sp³-hybridized carbons (Fsp3) is 0.214. The highest BCUT2D eigenvalue weighted by molar-refractivity contribution is 5.65. The lowest BCUT2D eigenvalue weighted by atomic mass is 9.71. The van der Waals surface area contributed by atoms with Crippen molar-refractivity contribution in [2.75, 3.05) is 0 Å². The predicted octanol–water partition coefficient (Wildman–Crippen LogP) is 8.00. The lowest BCUT2D eigenvalue weighted by Gasteiger charge is -2.37. The molecule has 2 atom stereocenters. The summed E-state index contributed by atoms with van der Waals surface area (Å²) in [5.41, 5.74) is -3.29. The summed E-state index contributed by atoms with van der Waals surface area (Å²) in [6, 6.07) is 9.92. The lowest BCUT2D eigenvalue weighted by molar-refractivity contribution is -0.168. The summed E-state index contributed by atoms with van der Waals surface area (Å²) in [4.78, 5) is 0. The number of hydrogen-bond donors (Lipinski definition) is 0. The molecular formula is C28H16F8N2O2. The van der Waals surface area contributed by atoms with Gasteiger partial charge in [0, 0.05) is 0 Å². The number of ether oxygens (including phenoxy) is 2. The fourth-order valence-corrected chi connectivity index (χ4v) is 4.45. The Labute approximate surface area is 222 Å². The molecule has 0 amide bonds. The molecule has 40 heavy (non-hydrogen) atoms. The molecule has 2 unspecified atom stereocenters. The molecule has 0 radical (unpaired) electrons. The Hall–Kier alpha value is -4.58. The van der Waals surface area contributed by atoms with Crippen LogP contribution in [0.1, 0.15) is 12.8 Å². The Morgan fingerprint density at radius 1 is 0.850 bits per heavy atom. The second-order valence-corrected chi connectivity index (χ2v) is 8.67. The van der Waals surface area contributed by atoms with Crippen molar-refractivity contribution in [1.82, 2.24) is 0 Å². The Morgan fingerprint density at radius 3 is 1.88 bits per heavy atom. The van der Waals surface area contributed by atoms with E-state index in [2.05, 4.69) is 0 Å². The van der Waals surface area contributed by atoms with Crippen LogP contribution in [0, 0.1) is 46.1 Å². The molecule has 2 aromatic rings. The first-order chi connectivity index (χ1) is 18.8. The smallest absolute Gasteiger partial charge is 0.426 e. The van der Waals surface area contributed by atoms with E-state index in [4.69, 9.17) is 9.47 Å². The molecular weight excluding hydrogens is 548 g/mol. The van der Waals surface area contributed by atoms with Gasteiger partial charge >= 0.3 is 12.4 Å². The van der Waals surface area contributed by atoms with Crippen LogP contribution in [0.5, 0.6) is 11.5 Å². The van der Waals surface area contributed by atoms with Crippen molar-refractivity contribution >= 4 is 0 Å². The van der Waals surface area contributed by atoms with Crippen LogP contribution in [-0.4, -0.2) is 12.4 Å². The second-order valence-electron chi connectivity index (χ2n) is 8.67. The fourth-order valence-electron chi connectivity index (χ4n) is 4.45. The summed E-state index contributed by atoms with van der Waals surface area (Å²) < 4.78 is 124. The number of hydrogen-bond acceptors (Lipinski definition) is 4. The van der Waals surface area contributed by atoms with Crippen LogP contribution in [0.4, 0.5) is 35.1 Å². The number of nitrogens with zero attached hydrogens (tertiary/aromatic N) is 2. The van der Waals surface area contributed by atoms with Crippen LogP contribution < -0.4 is 9.47 Å². The molecule has 0 heterocycles. The zero-order valence-electron chi connectivity index (χ0n) is 20.1. The first-order valence-corrected chi connectivity index (χ1v) is 11.5. The SMILES string of the molecule is N#C/C(=C1/C2=C(CCC=C2)C(C(C#N)C(F)(F)F)C(Oc2ccc(F)cc2)=C1Oc1ccc(F)cc1)C(F)(F)F. The Morgan fingerprint density at radius 2 is 1.40 bits per heavy atom. The average molecular weight is 564 g/mol. The van der Waals surface area contributed by atoms with Gasteiger partial charge in [-0.1, -0.05) is 12.2 Å². The minimum absolute atomic E-state index is 0.129. The van der Waals surface area contributed by atoms with Crippen molar-refractivity contribution < 1.29 is 44.6 Å². The molecule has 2 aliphatic carbocycles. The van der Waals surface area contributed by atoms with Gasteiger partial charge in [0.25, 0.3) is 0 Å². The molecule has 206 valence electrons. The van der Waals surface area contributed by atoms with Crippen LogP contribution in [0.15, 0.2) is 94.5 Å². The van der Waals surface area contributed by atoms with Crippen molar-refractivity contribution in [3.05, 3.63) is 106 Å². The van der Waals surface area contributed by atoms with Gasteiger partial charge in [-0.15, -0.1) is 0 Å². The van der Waals surface area contributed by atoms with E-state index in [1.165, 1.54) is 12.1 Å². The number of nitriles is 2. The summed E-state index contributed by atoms with van der Waals surface area (Å²) in [5, 5.41) is 19.2. The standard InChI is InChI=1S/C28H16F8N2O2/c29-15-5-9-17(10-6-15)39-25-23(21(13-37)27(31,32)33)19-3-1-2-4-20(19)24(22(14-38)28(34,35)36)26(25)40-18-11-7-16(30)8-12-18/h1,3,5-12,22,24H,2,4H2/b23-21+. The third-order valence-corrected chi connectivity index (χ3v) is 6.13. The molecule has 0 saturated heterocycles. The second kappa shape index (κ2) is 10.9. The first kappa shape index (κ1) is 28.4. The number of rotatable bonds is 5. The van der Waals surface area contributed by atoms with Gasteiger partial charge in [-0.25, -0.2) is 8.78 Å². The zero-order valence-corrected chi connectivity index (χ0v) is 20.1. The molecule has 0 fully saturated rings. The molecule has 12 heteroatoms. The minimum atomic E-state index is -5.28. The third kappa shape index (κ3) is 5.71. The van der Waals surface area contributed by atoms with E-state index in [0.717, 1.165) is 60.7 Å². The van der Waals surface area contributed by atoms with E-state index in [-0.39, 0.29) is 35.5 Å². The van der Waals surface area contributed by atoms with Crippen molar-refractivity contribution in [3.8, 4) is 23.6 Å². The lowest BCUT2D eigenvalue weighted by Crippen LogP contribution is -2.37. The highest BCUT2D eigenvalue weighted by atomic mass is 19.4. The van der Waals surface area contributed by atoms with Gasteiger partial charge in [0.15, 0.2) is 17.4 Å². The minimum Gasteiger partial charge on any atom is -0.457 e. The molecule has 0 bridgehead atoms. The van der Waals surface area contributed by atoms with E-state index < -0.39 is 58.5 Å². The van der Waals surface area contributed by atoms with Crippen molar-refractivity contribution in [3.63, 3.8) is 0 Å². The number of alkyl halides is 6. The normalized spacial score (nSPS) is 19.4. The zero-order chi connectivity index (χ0) is 29.2. The largest absolute Gasteiger partial charge is 0.457 e. The van der Waals surface area contributed by atoms with Gasteiger partial charge in [-0.05, 0) is 72.5 Å².